The SMILES string of the molecule is CCCCNc1ncc2c(n1)c(C(=CCCO)CC)cn2-c1ccc(F)cc1. The molecule has 0 bridgehead atoms. The van der Waals surface area contributed by atoms with Crippen LogP contribution in [0.15, 0.2) is 42.7 Å². The molecule has 5 nitrogen and oxygen atoms in total. The number of halogens is 1. The number of rotatable bonds is 9. The van der Waals surface area contributed by atoms with Crippen molar-refractivity contribution in [3.63, 3.8) is 0 Å². The maximum Gasteiger partial charge on any atom is 0.223 e. The van der Waals surface area contributed by atoms with E-state index in [1.165, 1.54) is 12.1 Å². The monoisotopic (exact) mass is 382 g/mol. The molecule has 2 aromatic heterocycles. The smallest absolute Gasteiger partial charge is 0.223 e. The van der Waals surface area contributed by atoms with E-state index in [4.69, 9.17) is 4.98 Å². The number of aliphatic hydroxyl groups excluding tert-OH is 1. The van der Waals surface area contributed by atoms with E-state index >= 15 is 0 Å². The average molecular weight is 382 g/mol. The number of aliphatic hydroxyl groups is 1. The summed E-state index contributed by atoms with van der Waals surface area (Å²) in [5.41, 5.74) is 4.70. The number of nitrogens with zero attached hydrogens (tertiary/aromatic N) is 3. The van der Waals surface area contributed by atoms with E-state index < -0.39 is 0 Å². The molecule has 0 aliphatic heterocycles. The number of nitrogens with one attached hydrogen (secondary N) is 1. The third kappa shape index (κ3) is 4.39. The van der Waals surface area contributed by atoms with Gasteiger partial charge in [-0.05, 0) is 49.1 Å². The van der Waals surface area contributed by atoms with Crippen molar-refractivity contribution < 1.29 is 9.50 Å². The topological polar surface area (TPSA) is 63.0 Å². The second-order valence-electron chi connectivity index (χ2n) is 6.69. The van der Waals surface area contributed by atoms with Crippen molar-refractivity contribution in [1.82, 2.24) is 14.5 Å². The highest BCUT2D eigenvalue weighted by Crippen LogP contribution is 2.30. The molecule has 0 spiro atoms. The molecule has 0 amide bonds. The maximum atomic E-state index is 13.4. The van der Waals surface area contributed by atoms with Gasteiger partial charge in [-0.1, -0.05) is 26.3 Å². The lowest BCUT2D eigenvalue weighted by Gasteiger charge is -2.06. The van der Waals surface area contributed by atoms with Crippen LogP contribution < -0.4 is 5.32 Å². The first-order valence-electron chi connectivity index (χ1n) is 9.86. The fourth-order valence-corrected chi connectivity index (χ4v) is 3.21. The molecule has 0 saturated heterocycles. The number of hydrogen-bond acceptors (Lipinski definition) is 4. The minimum absolute atomic E-state index is 0.110. The molecular formula is C22H27FN4O. The predicted molar refractivity (Wildman–Crippen MR) is 112 cm³/mol. The molecule has 148 valence electrons. The van der Waals surface area contributed by atoms with Crippen LogP contribution in [0.1, 0.15) is 45.1 Å². The summed E-state index contributed by atoms with van der Waals surface area (Å²) in [6.07, 6.45) is 9.46. The minimum atomic E-state index is -0.267. The van der Waals surface area contributed by atoms with Crippen LogP contribution in [-0.2, 0) is 0 Å². The van der Waals surface area contributed by atoms with Gasteiger partial charge >= 0.3 is 0 Å². The highest BCUT2D eigenvalue weighted by Gasteiger charge is 2.15. The molecule has 3 rings (SSSR count). The van der Waals surface area contributed by atoms with E-state index in [0.717, 1.165) is 53.7 Å². The van der Waals surface area contributed by atoms with E-state index in [1.54, 1.807) is 12.1 Å². The quantitative estimate of drug-likeness (QED) is 0.514. The Morgan fingerprint density at radius 1 is 1.25 bits per heavy atom. The molecule has 1 aromatic carbocycles. The summed E-state index contributed by atoms with van der Waals surface area (Å²) in [6, 6.07) is 6.39. The van der Waals surface area contributed by atoms with Crippen molar-refractivity contribution in [2.24, 2.45) is 0 Å². The molecule has 2 heterocycles. The molecule has 2 N–H and O–H groups in total. The lowest BCUT2D eigenvalue weighted by Crippen LogP contribution is -2.05. The summed E-state index contributed by atoms with van der Waals surface area (Å²) < 4.78 is 15.4. The molecule has 0 radical (unpaired) electrons. The largest absolute Gasteiger partial charge is 0.396 e. The van der Waals surface area contributed by atoms with Gasteiger partial charge in [-0.25, -0.2) is 14.4 Å². The molecule has 6 heteroatoms. The van der Waals surface area contributed by atoms with Gasteiger partial charge in [0.05, 0.1) is 11.7 Å². The standard InChI is InChI=1S/C22H27FN4O/c1-3-5-12-24-22-25-14-20-21(26-22)19(16(4-2)7-6-13-28)15-27(20)18-10-8-17(23)9-11-18/h7-11,14-15,28H,3-6,12-13H2,1-2H3,(H,24,25,26). The van der Waals surface area contributed by atoms with Gasteiger partial charge in [-0.15, -0.1) is 0 Å². The third-order valence-electron chi connectivity index (χ3n) is 4.71. The highest BCUT2D eigenvalue weighted by atomic mass is 19.1. The van der Waals surface area contributed by atoms with Crippen molar-refractivity contribution in [3.05, 3.63) is 54.1 Å². The molecule has 0 unspecified atom stereocenters. The summed E-state index contributed by atoms with van der Waals surface area (Å²) >= 11 is 0. The van der Waals surface area contributed by atoms with Crippen molar-refractivity contribution in [2.45, 2.75) is 39.5 Å². The van der Waals surface area contributed by atoms with Crippen LogP contribution in [0, 0.1) is 5.82 Å². The van der Waals surface area contributed by atoms with Crippen LogP contribution in [0.4, 0.5) is 10.3 Å². The molecule has 0 saturated carbocycles. The van der Waals surface area contributed by atoms with Gasteiger partial charge in [-0.3, -0.25) is 0 Å². The number of fused-ring (bicyclic) bond motifs is 1. The minimum Gasteiger partial charge on any atom is -0.396 e. The number of allylic oxidation sites excluding steroid dienone is 1. The summed E-state index contributed by atoms with van der Waals surface area (Å²) in [4.78, 5) is 9.23. The van der Waals surface area contributed by atoms with Gasteiger partial charge in [0, 0.05) is 30.6 Å². The number of benzene rings is 1. The normalized spacial score (nSPS) is 11.9. The summed E-state index contributed by atoms with van der Waals surface area (Å²) in [6.45, 7) is 5.17. The first kappa shape index (κ1) is 20.0. The number of anilines is 1. The Kier molecular flexibility index (Phi) is 6.76. The molecule has 0 aliphatic rings. The second kappa shape index (κ2) is 9.46. The number of unbranched alkanes of at least 4 members (excludes halogenated alkanes) is 1. The van der Waals surface area contributed by atoms with Crippen LogP contribution in [0.2, 0.25) is 0 Å². The molecule has 0 fully saturated rings. The van der Waals surface area contributed by atoms with Gasteiger partial charge in [0.1, 0.15) is 11.3 Å². The summed E-state index contributed by atoms with van der Waals surface area (Å²) in [5, 5.41) is 12.5. The Hall–Kier alpha value is -2.73. The fraction of sp³-hybridized carbons (Fsp3) is 0.364. The first-order chi connectivity index (χ1) is 13.7. The van der Waals surface area contributed by atoms with Crippen molar-refractivity contribution >= 4 is 22.6 Å². The number of aromatic nitrogens is 3. The van der Waals surface area contributed by atoms with Crippen LogP contribution in [-0.4, -0.2) is 32.8 Å². The lowest BCUT2D eigenvalue weighted by molar-refractivity contribution is 0.302. The van der Waals surface area contributed by atoms with E-state index in [0.29, 0.717) is 12.4 Å². The molecule has 3 aromatic rings. The molecular weight excluding hydrogens is 355 g/mol. The van der Waals surface area contributed by atoms with Crippen LogP contribution >= 0.6 is 0 Å². The van der Waals surface area contributed by atoms with Crippen molar-refractivity contribution in [1.29, 1.82) is 0 Å². The molecule has 0 aliphatic carbocycles. The Morgan fingerprint density at radius 2 is 2.04 bits per heavy atom. The predicted octanol–water partition coefficient (Wildman–Crippen LogP) is 4.95. The fourth-order valence-electron chi connectivity index (χ4n) is 3.21. The van der Waals surface area contributed by atoms with Gasteiger partial charge < -0.3 is 15.0 Å². The molecule has 28 heavy (non-hydrogen) atoms. The van der Waals surface area contributed by atoms with E-state index in [-0.39, 0.29) is 12.4 Å². The van der Waals surface area contributed by atoms with Crippen LogP contribution in [0.5, 0.6) is 0 Å². The zero-order valence-electron chi connectivity index (χ0n) is 16.5. The van der Waals surface area contributed by atoms with Crippen LogP contribution in [0.25, 0.3) is 22.3 Å². The summed E-state index contributed by atoms with van der Waals surface area (Å²) in [5.74, 6) is 0.341. The zero-order chi connectivity index (χ0) is 19.9. The summed E-state index contributed by atoms with van der Waals surface area (Å²) in [7, 11) is 0. The first-order valence-corrected chi connectivity index (χ1v) is 9.86. The highest BCUT2D eigenvalue weighted by molar-refractivity contribution is 5.91. The van der Waals surface area contributed by atoms with Gasteiger partial charge in [0.2, 0.25) is 5.95 Å². The van der Waals surface area contributed by atoms with E-state index in [9.17, 15) is 9.50 Å². The van der Waals surface area contributed by atoms with Crippen molar-refractivity contribution in [3.8, 4) is 5.69 Å². The Morgan fingerprint density at radius 3 is 2.71 bits per heavy atom. The van der Waals surface area contributed by atoms with Gasteiger partial charge in [0.25, 0.3) is 0 Å². The van der Waals surface area contributed by atoms with Crippen molar-refractivity contribution in [2.75, 3.05) is 18.5 Å². The van der Waals surface area contributed by atoms with Crippen LogP contribution in [0.3, 0.4) is 0 Å². The Balaban J connectivity index is 2.12. The second-order valence-corrected chi connectivity index (χ2v) is 6.69. The van der Waals surface area contributed by atoms with E-state index in [1.807, 2.05) is 17.0 Å². The Labute approximate surface area is 164 Å². The third-order valence-corrected chi connectivity index (χ3v) is 4.71. The lowest BCUT2D eigenvalue weighted by atomic mass is 10.0. The van der Waals surface area contributed by atoms with E-state index in [2.05, 4.69) is 30.2 Å². The number of hydrogen-bond donors (Lipinski definition) is 2. The maximum absolute atomic E-state index is 13.4. The zero-order valence-corrected chi connectivity index (χ0v) is 16.5. The Bertz CT molecular complexity index is 947. The average Bonchev–Trinajstić information content (AvgIpc) is 3.08. The molecule has 0 atom stereocenters. The van der Waals surface area contributed by atoms with Gasteiger partial charge in [0.15, 0.2) is 0 Å². The van der Waals surface area contributed by atoms with Gasteiger partial charge in [-0.2, -0.15) is 0 Å².